The lowest BCUT2D eigenvalue weighted by molar-refractivity contribution is -0.131. The predicted octanol–water partition coefficient (Wildman–Crippen LogP) is 1.52. The van der Waals surface area contributed by atoms with Crippen molar-refractivity contribution in [2.45, 2.75) is 31.5 Å². The molecule has 1 N–H and O–H groups in total. The first-order chi connectivity index (χ1) is 9.53. The van der Waals surface area contributed by atoms with Crippen LogP contribution in [0.5, 0.6) is 0 Å². The average molecular weight is 273 g/mol. The fraction of sp³-hybridized carbons (Fsp3) is 0.562. The van der Waals surface area contributed by atoms with E-state index in [9.17, 15) is 4.79 Å². The molecule has 1 atom stereocenters. The number of benzene rings is 1. The fourth-order valence-corrected chi connectivity index (χ4v) is 2.95. The zero-order valence-electron chi connectivity index (χ0n) is 12.5. The molecule has 0 radical (unpaired) electrons. The zero-order valence-corrected chi connectivity index (χ0v) is 12.5. The third kappa shape index (κ3) is 2.23. The van der Waals surface area contributed by atoms with Crippen molar-refractivity contribution >= 4 is 5.91 Å². The van der Waals surface area contributed by atoms with Crippen LogP contribution in [-0.2, 0) is 4.79 Å². The number of aryl methyl sites for hydroxylation is 1. The minimum absolute atomic E-state index is 0.0335. The van der Waals surface area contributed by atoms with Gasteiger partial charge in [0.15, 0.2) is 0 Å². The van der Waals surface area contributed by atoms with Gasteiger partial charge in [-0.05, 0) is 45.0 Å². The maximum Gasteiger partial charge on any atom is 0.244 e. The van der Waals surface area contributed by atoms with E-state index in [2.05, 4.69) is 35.3 Å². The maximum absolute atomic E-state index is 12.6. The summed E-state index contributed by atoms with van der Waals surface area (Å²) in [5.74, 6) is 0.285. The third-order valence-electron chi connectivity index (χ3n) is 4.42. The highest BCUT2D eigenvalue weighted by Gasteiger charge is 2.59. The second-order valence-electron chi connectivity index (χ2n) is 6.29. The molecule has 1 unspecified atom stereocenters. The molecule has 1 spiro atoms. The van der Waals surface area contributed by atoms with Crippen molar-refractivity contribution in [3.63, 3.8) is 0 Å². The number of nitrogens with zero attached hydrogens (tertiary/aromatic N) is 2. The van der Waals surface area contributed by atoms with Crippen LogP contribution in [0, 0.1) is 6.92 Å². The van der Waals surface area contributed by atoms with E-state index in [1.54, 1.807) is 0 Å². The Kier molecular flexibility index (Phi) is 3.30. The van der Waals surface area contributed by atoms with E-state index < -0.39 is 0 Å². The van der Waals surface area contributed by atoms with Crippen molar-refractivity contribution in [2.75, 3.05) is 27.2 Å². The molecule has 1 heterocycles. The van der Waals surface area contributed by atoms with Crippen LogP contribution in [-0.4, -0.2) is 48.4 Å². The van der Waals surface area contributed by atoms with Crippen molar-refractivity contribution in [3.05, 3.63) is 35.4 Å². The molecule has 1 amide bonds. The van der Waals surface area contributed by atoms with Gasteiger partial charge in [-0.3, -0.25) is 10.1 Å². The van der Waals surface area contributed by atoms with Crippen LogP contribution in [0.4, 0.5) is 0 Å². The van der Waals surface area contributed by atoms with E-state index >= 15 is 0 Å². The molecule has 2 aliphatic rings. The van der Waals surface area contributed by atoms with Gasteiger partial charge in [-0.2, -0.15) is 0 Å². The summed E-state index contributed by atoms with van der Waals surface area (Å²) in [5.41, 5.74) is 2.22. The van der Waals surface area contributed by atoms with Crippen molar-refractivity contribution in [3.8, 4) is 0 Å². The lowest BCUT2D eigenvalue weighted by atomic mass is 10.1. The van der Waals surface area contributed by atoms with Gasteiger partial charge >= 0.3 is 0 Å². The number of carbonyl (C=O) groups is 1. The molecule has 3 rings (SSSR count). The molecule has 1 aromatic rings. The molecule has 1 aromatic carbocycles. The minimum Gasteiger partial charge on any atom is -0.320 e. The molecule has 108 valence electrons. The summed E-state index contributed by atoms with van der Waals surface area (Å²) < 4.78 is 0. The van der Waals surface area contributed by atoms with Gasteiger partial charge in [0.1, 0.15) is 11.7 Å². The van der Waals surface area contributed by atoms with Gasteiger partial charge in [-0.15, -0.1) is 0 Å². The zero-order chi connectivity index (χ0) is 14.3. The van der Waals surface area contributed by atoms with Crippen LogP contribution in [0.1, 0.15) is 30.1 Å². The maximum atomic E-state index is 12.6. The van der Waals surface area contributed by atoms with E-state index in [-0.39, 0.29) is 17.6 Å². The molecule has 1 saturated carbocycles. The van der Waals surface area contributed by atoms with Crippen LogP contribution in [0.25, 0.3) is 0 Å². The van der Waals surface area contributed by atoms with Gasteiger partial charge in [0.25, 0.3) is 0 Å². The number of amides is 1. The summed E-state index contributed by atoms with van der Waals surface area (Å²) in [6.45, 7) is 3.79. The van der Waals surface area contributed by atoms with Crippen molar-refractivity contribution < 1.29 is 4.79 Å². The molecule has 1 aliphatic carbocycles. The fourth-order valence-electron chi connectivity index (χ4n) is 2.95. The Bertz CT molecular complexity index is 522. The quantitative estimate of drug-likeness (QED) is 0.903. The number of hydrogen-bond donors (Lipinski definition) is 1. The van der Waals surface area contributed by atoms with Crippen LogP contribution >= 0.6 is 0 Å². The molecule has 4 nitrogen and oxygen atoms in total. The van der Waals surface area contributed by atoms with Gasteiger partial charge in [-0.1, -0.05) is 24.3 Å². The first-order valence-electron chi connectivity index (χ1n) is 7.32. The molecule has 1 saturated heterocycles. The van der Waals surface area contributed by atoms with E-state index in [0.29, 0.717) is 0 Å². The van der Waals surface area contributed by atoms with Crippen molar-refractivity contribution in [2.24, 2.45) is 0 Å². The van der Waals surface area contributed by atoms with Crippen LogP contribution in [0.2, 0.25) is 0 Å². The van der Waals surface area contributed by atoms with Crippen LogP contribution < -0.4 is 5.32 Å². The molecule has 4 heteroatoms. The van der Waals surface area contributed by atoms with Crippen molar-refractivity contribution in [1.29, 1.82) is 0 Å². The van der Waals surface area contributed by atoms with E-state index in [1.165, 1.54) is 11.1 Å². The van der Waals surface area contributed by atoms with Gasteiger partial charge in [-0.25, -0.2) is 0 Å². The smallest absolute Gasteiger partial charge is 0.244 e. The molecule has 0 bridgehead atoms. The van der Waals surface area contributed by atoms with Crippen LogP contribution in [0.15, 0.2) is 24.3 Å². The lowest BCUT2D eigenvalue weighted by Gasteiger charge is -2.27. The minimum atomic E-state index is -0.251. The summed E-state index contributed by atoms with van der Waals surface area (Å²) in [5, 5.41) is 3.58. The second kappa shape index (κ2) is 4.86. The van der Waals surface area contributed by atoms with Gasteiger partial charge < -0.3 is 9.80 Å². The summed E-state index contributed by atoms with van der Waals surface area (Å²) in [6.07, 6.45) is 1.99. The number of hydrogen-bond acceptors (Lipinski definition) is 3. The number of rotatable bonds is 4. The van der Waals surface area contributed by atoms with E-state index in [4.69, 9.17) is 0 Å². The SMILES string of the molecule is Cc1ccccc1C1NC2(CC2)C(=O)N1CCN(C)C. The van der Waals surface area contributed by atoms with Gasteiger partial charge in [0.2, 0.25) is 5.91 Å². The van der Waals surface area contributed by atoms with Crippen molar-refractivity contribution in [1.82, 2.24) is 15.1 Å². The summed E-state index contributed by atoms with van der Waals surface area (Å²) in [7, 11) is 4.09. The average Bonchev–Trinajstić information content (AvgIpc) is 3.13. The molecule has 20 heavy (non-hydrogen) atoms. The Morgan fingerprint density at radius 2 is 2.05 bits per heavy atom. The molecular weight excluding hydrogens is 250 g/mol. The molecule has 1 aliphatic heterocycles. The number of carbonyl (C=O) groups excluding carboxylic acids is 1. The number of nitrogens with one attached hydrogen (secondary N) is 1. The Morgan fingerprint density at radius 1 is 1.35 bits per heavy atom. The van der Waals surface area contributed by atoms with Crippen LogP contribution in [0.3, 0.4) is 0 Å². The second-order valence-corrected chi connectivity index (χ2v) is 6.29. The molecule has 0 aromatic heterocycles. The van der Waals surface area contributed by atoms with Gasteiger partial charge in [0, 0.05) is 13.1 Å². The Hall–Kier alpha value is -1.39. The Balaban J connectivity index is 1.87. The normalized spacial score (nSPS) is 23.9. The monoisotopic (exact) mass is 273 g/mol. The highest BCUT2D eigenvalue weighted by atomic mass is 16.2. The lowest BCUT2D eigenvalue weighted by Crippen LogP contribution is -2.37. The topological polar surface area (TPSA) is 35.6 Å². The highest BCUT2D eigenvalue weighted by molar-refractivity contribution is 5.92. The first kappa shape index (κ1) is 13.6. The predicted molar refractivity (Wildman–Crippen MR) is 79.3 cm³/mol. The first-order valence-corrected chi connectivity index (χ1v) is 7.32. The third-order valence-corrected chi connectivity index (χ3v) is 4.42. The standard InChI is InChI=1S/C16H23N3O/c1-12-6-4-5-7-13(12)14-17-16(8-9-16)15(20)19(14)11-10-18(2)3/h4-7,14,17H,8-11H2,1-3H3. The highest BCUT2D eigenvalue weighted by Crippen LogP contribution is 2.46. The summed E-state index contributed by atoms with van der Waals surface area (Å²) >= 11 is 0. The number of likely N-dealkylation sites (N-methyl/N-ethyl adjacent to an activating group) is 1. The molecular formula is C16H23N3O. The Morgan fingerprint density at radius 3 is 2.65 bits per heavy atom. The summed E-state index contributed by atoms with van der Waals surface area (Å²) in [6, 6.07) is 8.34. The summed E-state index contributed by atoms with van der Waals surface area (Å²) in [4.78, 5) is 16.8. The Labute approximate surface area is 120 Å². The van der Waals surface area contributed by atoms with E-state index in [0.717, 1.165) is 25.9 Å². The van der Waals surface area contributed by atoms with Gasteiger partial charge in [0.05, 0.1) is 0 Å². The largest absolute Gasteiger partial charge is 0.320 e. The van der Waals surface area contributed by atoms with E-state index in [1.807, 2.05) is 25.1 Å². The molecule has 2 fully saturated rings.